The second-order valence-corrected chi connectivity index (χ2v) is 6.46. The van der Waals surface area contributed by atoms with Crippen molar-refractivity contribution in [2.75, 3.05) is 6.54 Å². The van der Waals surface area contributed by atoms with Crippen molar-refractivity contribution in [2.24, 2.45) is 5.41 Å². The third kappa shape index (κ3) is 2.16. The zero-order valence-corrected chi connectivity index (χ0v) is 12.2. The highest BCUT2D eigenvalue weighted by atomic mass is 16.3. The van der Waals surface area contributed by atoms with Crippen LogP contribution in [-0.2, 0) is 0 Å². The molecule has 1 aliphatic heterocycles. The number of hydrogen-bond donors (Lipinski definition) is 1. The normalized spacial score (nSPS) is 22.8. The van der Waals surface area contributed by atoms with Crippen LogP contribution in [0.1, 0.15) is 49.7 Å². The van der Waals surface area contributed by atoms with Crippen molar-refractivity contribution >= 4 is 11.1 Å². The van der Waals surface area contributed by atoms with Crippen molar-refractivity contribution in [3.63, 3.8) is 0 Å². The Balaban J connectivity index is 2.08. The molecule has 0 amide bonds. The van der Waals surface area contributed by atoms with Crippen LogP contribution in [0.25, 0.3) is 11.1 Å². The van der Waals surface area contributed by atoms with E-state index in [4.69, 9.17) is 9.40 Å². The Morgan fingerprint density at radius 3 is 2.84 bits per heavy atom. The van der Waals surface area contributed by atoms with E-state index in [1.54, 1.807) is 0 Å². The quantitative estimate of drug-likeness (QED) is 0.843. The van der Waals surface area contributed by atoms with Gasteiger partial charge in [-0.1, -0.05) is 19.9 Å². The first-order valence-corrected chi connectivity index (χ1v) is 7.08. The number of fused-ring (bicyclic) bond motifs is 1. The Kier molecular flexibility index (Phi) is 2.90. The Labute approximate surface area is 114 Å². The lowest BCUT2D eigenvalue weighted by atomic mass is 9.77. The van der Waals surface area contributed by atoms with Gasteiger partial charge < -0.3 is 9.73 Å². The molecule has 2 heterocycles. The molecule has 0 aliphatic carbocycles. The van der Waals surface area contributed by atoms with Crippen LogP contribution in [0.5, 0.6) is 0 Å². The number of nitrogens with zero attached hydrogens (tertiary/aromatic N) is 1. The maximum absolute atomic E-state index is 6.06. The lowest BCUT2D eigenvalue weighted by molar-refractivity contribution is 0.157. The van der Waals surface area contributed by atoms with Crippen molar-refractivity contribution in [1.82, 2.24) is 10.3 Å². The Morgan fingerprint density at radius 2 is 2.11 bits per heavy atom. The molecular weight excluding hydrogens is 236 g/mol. The van der Waals surface area contributed by atoms with Crippen LogP contribution in [0, 0.1) is 19.3 Å². The third-order valence-corrected chi connectivity index (χ3v) is 4.21. The van der Waals surface area contributed by atoms with Crippen molar-refractivity contribution in [2.45, 2.75) is 46.6 Å². The van der Waals surface area contributed by atoms with Gasteiger partial charge in [0.1, 0.15) is 5.52 Å². The largest absolute Gasteiger partial charge is 0.439 e. The van der Waals surface area contributed by atoms with Crippen molar-refractivity contribution in [3.05, 3.63) is 29.2 Å². The summed E-state index contributed by atoms with van der Waals surface area (Å²) in [6.45, 7) is 9.81. The molecule has 3 heteroatoms. The zero-order valence-electron chi connectivity index (χ0n) is 12.2. The van der Waals surface area contributed by atoms with Crippen molar-refractivity contribution < 1.29 is 4.42 Å². The Hall–Kier alpha value is -1.35. The standard InChI is InChI=1S/C16H22N2O/c1-10-8-11(2)13-12(9-10)18-15(19-13)14-16(3,4)6-5-7-17-14/h8-9,14,17H,5-7H2,1-4H3. The van der Waals surface area contributed by atoms with Gasteiger partial charge in [-0.05, 0) is 55.8 Å². The van der Waals surface area contributed by atoms with Gasteiger partial charge in [0, 0.05) is 0 Å². The van der Waals surface area contributed by atoms with Gasteiger partial charge in [-0.3, -0.25) is 0 Å². The minimum Gasteiger partial charge on any atom is -0.439 e. The number of oxazole rings is 1. The number of aromatic nitrogens is 1. The van der Waals surface area contributed by atoms with Crippen LogP contribution in [0.4, 0.5) is 0 Å². The average Bonchev–Trinajstić information content (AvgIpc) is 2.72. The summed E-state index contributed by atoms with van der Waals surface area (Å²) in [6.07, 6.45) is 2.43. The summed E-state index contributed by atoms with van der Waals surface area (Å²) in [6, 6.07) is 4.47. The van der Waals surface area contributed by atoms with Crippen LogP contribution in [0.3, 0.4) is 0 Å². The van der Waals surface area contributed by atoms with E-state index in [9.17, 15) is 0 Å². The highest BCUT2D eigenvalue weighted by molar-refractivity contribution is 5.77. The van der Waals surface area contributed by atoms with E-state index in [1.165, 1.54) is 24.0 Å². The summed E-state index contributed by atoms with van der Waals surface area (Å²) in [4.78, 5) is 4.72. The fourth-order valence-corrected chi connectivity index (χ4v) is 3.15. The van der Waals surface area contributed by atoms with E-state index in [-0.39, 0.29) is 11.5 Å². The molecule has 1 N–H and O–H groups in total. The zero-order chi connectivity index (χ0) is 13.6. The van der Waals surface area contributed by atoms with Gasteiger partial charge in [-0.15, -0.1) is 0 Å². The van der Waals surface area contributed by atoms with E-state index >= 15 is 0 Å². The molecular formula is C16H22N2O. The van der Waals surface area contributed by atoms with Crippen LogP contribution >= 0.6 is 0 Å². The molecule has 3 rings (SSSR count). The summed E-state index contributed by atoms with van der Waals surface area (Å²) >= 11 is 0. The molecule has 3 nitrogen and oxygen atoms in total. The first kappa shape index (κ1) is 12.7. The highest BCUT2D eigenvalue weighted by Gasteiger charge is 2.36. The third-order valence-electron chi connectivity index (χ3n) is 4.21. The molecule has 1 aliphatic rings. The first-order chi connectivity index (χ1) is 8.97. The average molecular weight is 258 g/mol. The fourth-order valence-electron chi connectivity index (χ4n) is 3.15. The first-order valence-electron chi connectivity index (χ1n) is 7.08. The fraction of sp³-hybridized carbons (Fsp3) is 0.562. The SMILES string of the molecule is Cc1cc(C)c2oc(C3NCCCC3(C)C)nc2c1. The predicted octanol–water partition coefficient (Wildman–Crippen LogP) is 3.90. The van der Waals surface area contributed by atoms with Gasteiger partial charge in [-0.2, -0.15) is 0 Å². The van der Waals surface area contributed by atoms with Gasteiger partial charge in [0.2, 0.25) is 5.89 Å². The monoisotopic (exact) mass is 258 g/mol. The predicted molar refractivity (Wildman–Crippen MR) is 77.2 cm³/mol. The highest BCUT2D eigenvalue weighted by Crippen LogP contribution is 2.40. The van der Waals surface area contributed by atoms with E-state index in [1.807, 2.05) is 0 Å². The van der Waals surface area contributed by atoms with Gasteiger partial charge >= 0.3 is 0 Å². The molecule has 0 bridgehead atoms. The molecule has 0 spiro atoms. The second kappa shape index (κ2) is 4.34. The maximum atomic E-state index is 6.06. The summed E-state index contributed by atoms with van der Waals surface area (Å²) in [5, 5.41) is 3.56. The van der Waals surface area contributed by atoms with Crippen LogP contribution in [0.15, 0.2) is 16.5 Å². The van der Waals surface area contributed by atoms with Crippen LogP contribution < -0.4 is 5.32 Å². The topological polar surface area (TPSA) is 38.1 Å². The minimum atomic E-state index is 0.197. The lowest BCUT2D eigenvalue weighted by Crippen LogP contribution is -2.39. The number of aryl methyl sites for hydroxylation is 2. The molecule has 0 radical (unpaired) electrons. The summed E-state index contributed by atoms with van der Waals surface area (Å²) < 4.78 is 6.06. The lowest BCUT2D eigenvalue weighted by Gasteiger charge is -2.37. The van der Waals surface area contributed by atoms with Gasteiger partial charge in [0.25, 0.3) is 0 Å². The van der Waals surface area contributed by atoms with Crippen molar-refractivity contribution in [3.8, 4) is 0 Å². The summed E-state index contributed by atoms with van der Waals surface area (Å²) in [7, 11) is 0. The second-order valence-electron chi connectivity index (χ2n) is 6.46. The molecule has 102 valence electrons. The molecule has 1 aromatic heterocycles. The van der Waals surface area contributed by atoms with E-state index < -0.39 is 0 Å². The Morgan fingerprint density at radius 1 is 1.32 bits per heavy atom. The molecule has 2 aromatic rings. The van der Waals surface area contributed by atoms with Gasteiger partial charge in [-0.25, -0.2) is 4.98 Å². The number of piperidine rings is 1. The molecule has 1 aromatic carbocycles. The van der Waals surface area contributed by atoms with E-state index in [0.29, 0.717) is 0 Å². The van der Waals surface area contributed by atoms with Gasteiger partial charge in [0.05, 0.1) is 6.04 Å². The number of hydrogen-bond acceptors (Lipinski definition) is 3. The minimum absolute atomic E-state index is 0.197. The van der Waals surface area contributed by atoms with E-state index in [2.05, 4.69) is 45.1 Å². The molecule has 1 saturated heterocycles. The van der Waals surface area contributed by atoms with Crippen LogP contribution in [0.2, 0.25) is 0 Å². The van der Waals surface area contributed by atoms with E-state index in [0.717, 1.165) is 23.5 Å². The number of benzene rings is 1. The summed E-state index contributed by atoms with van der Waals surface area (Å²) in [5.74, 6) is 0.841. The van der Waals surface area contributed by atoms with Gasteiger partial charge in [0.15, 0.2) is 5.58 Å². The molecule has 1 fully saturated rings. The Bertz CT molecular complexity index is 612. The summed E-state index contributed by atoms with van der Waals surface area (Å²) in [5.41, 5.74) is 4.52. The molecule has 1 unspecified atom stereocenters. The molecule has 1 atom stereocenters. The number of rotatable bonds is 1. The number of nitrogens with one attached hydrogen (secondary N) is 1. The molecule has 19 heavy (non-hydrogen) atoms. The van der Waals surface area contributed by atoms with Crippen LogP contribution in [-0.4, -0.2) is 11.5 Å². The molecule has 0 saturated carbocycles. The smallest absolute Gasteiger partial charge is 0.213 e. The van der Waals surface area contributed by atoms with Crippen molar-refractivity contribution in [1.29, 1.82) is 0 Å². The maximum Gasteiger partial charge on any atom is 0.213 e.